The predicted molar refractivity (Wildman–Crippen MR) is 169 cm³/mol. The van der Waals surface area contributed by atoms with Gasteiger partial charge in [-0.1, -0.05) is 152 Å². The van der Waals surface area contributed by atoms with Gasteiger partial charge in [-0.2, -0.15) is 0 Å². The Morgan fingerprint density at radius 3 is 0.778 bits per heavy atom. The van der Waals surface area contributed by atoms with Crippen LogP contribution < -0.4 is 0 Å². The number of hydrogen-bond donors (Lipinski definition) is 0. The molecular formula is C36H54. The molecule has 0 spiro atoms. The van der Waals surface area contributed by atoms with E-state index in [1.807, 2.05) is 0 Å². The Morgan fingerprint density at radius 2 is 0.556 bits per heavy atom. The zero-order chi connectivity index (χ0) is 24.8. The van der Waals surface area contributed by atoms with Gasteiger partial charge in [0.15, 0.2) is 0 Å². The van der Waals surface area contributed by atoms with Crippen molar-refractivity contribution in [1.29, 1.82) is 0 Å². The molecule has 4 aromatic rings. The first-order valence-electron chi connectivity index (χ1n) is 11.7. The average molecular weight is 487 g/mol. The summed E-state index contributed by atoms with van der Waals surface area (Å²) in [5.74, 6) is 0. The molecule has 0 saturated carbocycles. The van der Waals surface area contributed by atoms with E-state index in [1.54, 1.807) is 0 Å². The van der Waals surface area contributed by atoms with E-state index >= 15 is 0 Å². The third-order valence-corrected chi connectivity index (χ3v) is 5.18. The summed E-state index contributed by atoms with van der Waals surface area (Å²) < 4.78 is 0. The molecule has 0 amide bonds. The molecule has 0 heteroatoms. The lowest BCUT2D eigenvalue weighted by molar-refractivity contribution is 1.32. The van der Waals surface area contributed by atoms with Crippen molar-refractivity contribution in [2.75, 3.05) is 0 Å². The monoisotopic (exact) mass is 486 g/mol. The zero-order valence-electron chi connectivity index (χ0n) is 22.2. The van der Waals surface area contributed by atoms with Crippen LogP contribution in [0.25, 0.3) is 0 Å². The molecular weight excluding hydrogens is 432 g/mol. The molecule has 0 aliphatic carbocycles. The van der Waals surface area contributed by atoms with Gasteiger partial charge in [0.1, 0.15) is 0 Å². The maximum atomic E-state index is 2.19. The number of aryl methyl sites for hydroxylation is 9. The van der Waals surface area contributed by atoms with E-state index in [0.717, 1.165) is 0 Å². The van der Waals surface area contributed by atoms with Gasteiger partial charge in [0.05, 0.1) is 0 Å². The van der Waals surface area contributed by atoms with Crippen LogP contribution in [0.4, 0.5) is 0 Å². The van der Waals surface area contributed by atoms with Crippen molar-refractivity contribution in [3.63, 3.8) is 0 Å². The Bertz CT molecular complexity index is 975. The normalized spacial score (nSPS) is 8.58. The van der Waals surface area contributed by atoms with Crippen LogP contribution in [0.15, 0.2) is 91.0 Å². The van der Waals surface area contributed by atoms with Crippen LogP contribution in [0, 0.1) is 62.3 Å². The van der Waals surface area contributed by atoms with Crippen molar-refractivity contribution in [3.05, 3.63) is 141 Å². The Hall–Kier alpha value is -3.12. The van der Waals surface area contributed by atoms with Gasteiger partial charge in [-0.3, -0.25) is 0 Å². The number of rotatable bonds is 0. The average Bonchev–Trinajstić information content (AvgIpc) is 2.73. The van der Waals surface area contributed by atoms with E-state index in [2.05, 4.69) is 153 Å². The van der Waals surface area contributed by atoms with Crippen LogP contribution in [-0.2, 0) is 0 Å². The Balaban J connectivity index is -0.000000393. The molecule has 0 aliphatic heterocycles. The van der Waals surface area contributed by atoms with E-state index in [-0.39, 0.29) is 22.3 Å². The first-order chi connectivity index (χ1) is 15.6. The zero-order valence-corrected chi connectivity index (χ0v) is 22.2. The van der Waals surface area contributed by atoms with E-state index < -0.39 is 0 Å². The van der Waals surface area contributed by atoms with E-state index in [0.29, 0.717) is 0 Å². The fourth-order valence-corrected chi connectivity index (χ4v) is 3.31. The molecule has 4 rings (SSSR count). The Labute approximate surface area is 225 Å². The molecule has 0 N–H and O–H groups in total. The Morgan fingerprint density at radius 1 is 0.278 bits per heavy atom. The molecule has 0 atom stereocenters. The molecule has 0 aromatic heterocycles. The molecule has 4 aromatic carbocycles. The minimum absolute atomic E-state index is 0. The fraction of sp³-hybridized carbons (Fsp3) is 0.333. The van der Waals surface area contributed by atoms with Crippen LogP contribution >= 0.6 is 0 Å². The minimum atomic E-state index is 0. The second-order valence-electron chi connectivity index (χ2n) is 9.06. The highest BCUT2D eigenvalue weighted by atomic mass is 13.9. The molecule has 0 unspecified atom stereocenters. The van der Waals surface area contributed by atoms with Gasteiger partial charge >= 0.3 is 0 Å². The van der Waals surface area contributed by atoms with Gasteiger partial charge in [-0.05, 0) is 73.4 Å². The van der Waals surface area contributed by atoms with Crippen LogP contribution in [-0.4, -0.2) is 0 Å². The summed E-state index contributed by atoms with van der Waals surface area (Å²) in [6.07, 6.45) is 0. The summed E-state index contributed by atoms with van der Waals surface area (Å²) >= 11 is 0. The predicted octanol–water partition coefficient (Wildman–Crippen LogP) is 11.4. The van der Waals surface area contributed by atoms with E-state index in [1.165, 1.54) is 50.1 Å². The van der Waals surface area contributed by atoms with Crippen molar-refractivity contribution in [1.82, 2.24) is 0 Å². The third kappa shape index (κ3) is 17.3. The van der Waals surface area contributed by atoms with Gasteiger partial charge in [-0.25, -0.2) is 0 Å². The summed E-state index contributed by atoms with van der Waals surface area (Å²) in [6.45, 7) is 19.0. The van der Waals surface area contributed by atoms with Crippen molar-refractivity contribution in [2.45, 2.75) is 84.6 Å². The van der Waals surface area contributed by atoms with Crippen molar-refractivity contribution < 1.29 is 0 Å². The topological polar surface area (TPSA) is 0 Å². The lowest BCUT2D eigenvalue weighted by Crippen LogP contribution is -1.78. The molecule has 0 saturated heterocycles. The van der Waals surface area contributed by atoms with E-state index in [9.17, 15) is 0 Å². The highest BCUT2D eigenvalue weighted by Crippen LogP contribution is 2.06. The summed E-state index contributed by atoms with van der Waals surface area (Å²) in [4.78, 5) is 0. The maximum Gasteiger partial charge on any atom is -0.0395 e. The summed E-state index contributed by atoms with van der Waals surface area (Å²) in [7, 11) is 0. The number of benzene rings is 4. The van der Waals surface area contributed by atoms with Gasteiger partial charge in [-0.15, -0.1) is 0 Å². The molecule has 0 nitrogen and oxygen atoms in total. The Kier molecular flexibility index (Phi) is 20.9. The lowest BCUT2D eigenvalue weighted by atomic mass is 10.1. The van der Waals surface area contributed by atoms with Crippen LogP contribution in [0.5, 0.6) is 0 Å². The molecule has 0 radical (unpaired) electrons. The maximum absolute atomic E-state index is 2.19. The summed E-state index contributed by atoms with van der Waals surface area (Å²) in [5, 5.41) is 0. The molecule has 0 bridgehead atoms. The molecule has 0 aliphatic rings. The van der Waals surface area contributed by atoms with Gasteiger partial charge in [0.25, 0.3) is 0 Å². The highest BCUT2D eigenvalue weighted by molar-refractivity contribution is 5.27. The van der Waals surface area contributed by atoms with Crippen molar-refractivity contribution >= 4 is 0 Å². The van der Waals surface area contributed by atoms with Gasteiger partial charge < -0.3 is 0 Å². The first kappa shape index (κ1) is 37.4. The SMILES string of the molecule is C.C.C.Cc1cc(C)cc(C)c1.Cc1ccc(C)cc1.Cc1cccc(C)c1.Cc1ccccc1C. The van der Waals surface area contributed by atoms with Crippen molar-refractivity contribution in [3.8, 4) is 0 Å². The van der Waals surface area contributed by atoms with Crippen LogP contribution in [0.2, 0.25) is 0 Å². The minimum Gasteiger partial charge on any atom is -0.0776 e. The van der Waals surface area contributed by atoms with Gasteiger partial charge in [0, 0.05) is 0 Å². The van der Waals surface area contributed by atoms with Gasteiger partial charge in [0.2, 0.25) is 0 Å². The quantitative estimate of drug-likeness (QED) is 0.232. The standard InChI is InChI=1S/C9H12.3C8H10.3CH4/c1-7-4-8(2)6-9(3)5-7;1-7-3-5-8(2)6-4-7;1-7-4-3-5-8(2)6-7;1-7-5-3-4-6-8(7)2;;;/h4-6H,1-3H3;3*3-6H,1-2H3;3*1H4. The first-order valence-corrected chi connectivity index (χ1v) is 11.7. The second kappa shape index (κ2) is 20.1. The highest BCUT2D eigenvalue weighted by Gasteiger charge is 1.87. The molecule has 198 valence electrons. The lowest BCUT2D eigenvalue weighted by Gasteiger charge is -1.96. The second-order valence-corrected chi connectivity index (χ2v) is 9.06. The summed E-state index contributed by atoms with van der Waals surface area (Å²) in [5.41, 5.74) is 12.1. The van der Waals surface area contributed by atoms with Crippen LogP contribution in [0.1, 0.15) is 72.4 Å². The number of hydrogen-bond acceptors (Lipinski definition) is 0. The van der Waals surface area contributed by atoms with Crippen LogP contribution in [0.3, 0.4) is 0 Å². The molecule has 0 heterocycles. The smallest absolute Gasteiger partial charge is 0.0395 e. The third-order valence-electron chi connectivity index (χ3n) is 5.18. The van der Waals surface area contributed by atoms with E-state index in [4.69, 9.17) is 0 Å². The van der Waals surface area contributed by atoms with Crippen molar-refractivity contribution in [2.24, 2.45) is 0 Å². The fourth-order valence-electron chi connectivity index (χ4n) is 3.31. The summed E-state index contributed by atoms with van der Waals surface area (Å²) in [6, 6.07) is 31.8. The largest absolute Gasteiger partial charge is 0.0776 e. The molecule has 36 heavy (non-hydrogen) atoms. The molecule has 0 fully saturated rings.